The van der Waals surface area contributed by atoms with Crippen LogP contribution >= 0.6 is 26.6 Å². The molecule has 1 aliphatic rings. The number of halogens is 2. The van der Waals surface area contributed by atoms with Gasteiger partial charge in [0.15, 0.2) is 0 Å². The molecule has 82 valence electrons. The van der Waals surface area contributed by atoms with Gasteiger partial charge in [0.05, 0.1) is 16.0 Å². The van der Waals surface area contributed by atoms with Gasteiger partial charge < -0.3 is 4.74 Å². The molecular weight excluding hydrogens is 304 g/mol. The molecule has 6 heteroatoms. The molecule has 15 heavy (non-hydrogen) atoms. The lowest BCUT2D eigenvalue weighted by Crippen LogP contribution is -2.12. The van der Waals surface area contributed by atoms with E-state index in [1.54, 1.807) is 6.07 Å². The van der Waals surface area contributed by atoms with E-state index in [1.165, 1.54) is 6.07 Å². The van der Waals surface area contributed by atoms with Gasteiger partial charge in [-0.3, -0.25) is 0 Å². The van der Waals surface area contributed by atoms with Gasteiger partial charge in [0.2, 0.25) is 0 Å². The molecule has 0 saturated carbocycles. The fourth-order valence-electron chi connectivity index (χ4n) is 1.63. The number of ether oxygens (including phenoxy) is 1. The van der Waals surface area contributed by atoms with Gasteiger partial charge in [-0.2, -0.15) is 0 Å². The van der Waals surface area contributed by atoms with Crippen LogP contribution in [0.4, 0.5) is 0 Å². The van der Waals surface area contributed by atoms with E-state index < -0.39 is 9.05 Å². The summed E-state index contributed by atoms with van der Waals surface area (Å²) in [6.07, 6.45) is 1.49. The van der Waals surface area contributed by atoms with Crippen molar-refractivity contribution in [2.75, 3.05) is 6.61 Å². The van der Waals surface area contributed by atoms with Gasteiger partial charge >= 0.3 is 0 Å². The van der Waals surface area contributed by atoms with Crippen LogP contribution in [0.3, 0.4) is 0 Å². The molecule has 0 bridgehead atoms. The molecule has 0 unspecified atom stereocenters. The number of benzene rings is 1. The highest BCUT2D eigenvalue weighted by molar-refractivity contribution is 9.10. The highest BCUT2D eigenvalue weighted by atomic mass is 79.9. The number of fused-ring (bicyclic) bond motifs is 1. The minimum Gasteiger partial charge on any atom is -0.492 e. The van der Waals surface area contributed by atoms with Crippen molar-refractivity contribution in [3.05, 3.63) is 22.2 Å². The Morgan fingerprint density at radius 1 is 1.40 bits per heavy atom. The second kappa shape index (κ2) is 3.96. The minimum atomic E-state index is -3.69. The van der Waals surface area contributed by atoms with Crippen molar-refractivity contribution in [2.45, 2.75) is 17.7 Å². The molecule has 3 nitrogen and oxygen atoms in total. The molecule has 2 rings (SSSR count). The highest BCUT2D eigenvalue weighted by Crippen LogP contribution is 2.38. The Balaban J connectivity index is 2.69. The van der Waals surface area contributed by atoms with Crippen LogP contribution in [-0.2, 0) is 15.5 Å². The summed E-state index contributed by atoms with van der Waals surface area (Å²) in [5.41, 5.74) is 0.672. The first kappa shape index (κ1) is 11.2. The van der Waals surface area contributed by atoms with E-state index in [-0.39, 0.29) is 4.90 Å². The maximum atomic E-state index is 11.3. The van der Waals surface area contributed by atoms with Crippen molar-refractivity contribution in [3.63, 3.8) is 0 Å². The predicted octanol–water partition coefficient (Wildman–Crippen LogP) is 2.70. The molecular formula is C9H8BrClO3S. The molecule has 1 heterocycles. The Morgan fingerprint density at radius 3 is 2.80 bits per heavy atom. The van der Waals surface area contributed by atoms with Crippen LogP contribution in [0, 0.1) is 0 Å². The average Bonchev–Trinajstić information content (AvgIpc) is 2.17. The van der Waals surface area contributed by atoms with E-state index in [1.807, 2.05) is 0 Å². The third-order valence-corrected chi connectivity index (χ3v) is 4.28. The Kier molecular flexibility index (Phi) is 2.96. The molecule has 0 aliphatic carbocycles. The van der Waals surface area contributed by atoms with E-state index in [2.05, 4.69) is 15.9 Å². The van der Waals surface area contributed by atoms with Gasteiger partial charge in [0.1, 0.15) is 5.75 Å². The summed E-state index contributed by atoms with van der Waals surface area (Å²) in [6, 6.07) is 3.14. The van der Waals surface area contributed by atoms with Crippen molar-refractivity contribution in [1.29, 1.82) is 0 Å². The van der Waals surface area contributed by atoms with Gasteiger partial charge in [-0.25, -0.2) is 8.42 Å². The lowest BCUT2D eigenvalue weighted by molar-refractivity contribution is 0.284. The Morgan fingerprint density at radius 2 is 2.13 bits per heavy atom. The number of rotatable bonds is 1. The first-order valence-electron chi connectivity index (χ1n) is 4.39. The van der Waals surface area contributed by atoms with E-state index >= 15 is 0 Å². The SMILES string of the molecule is O=S(=O)(Cl)c1ccc(Br)c2c1CCCO2. The number of hydrogen-bond donors (Lipinski definition) is 0. The molecule has 0 atom stereocenters. The monoisotopic (exact) mass is 310 g/mol. The average molecular weight is 312 g/mol. The van der Waals surface area contributed by atoms with Crippen LogP contribution in [0.1, 0.15) is 12.0 Å². The fourth-order valence-corrected chi connectivity index (χ4v) is 3.26. The summed E-state index contributed by atoms with van der Waals surface area (Å²) in [5.74, 6) is 0.600. The minimum absolute atomic E-state index is 0.155. The Hall–Kier alpha value is -0.260. The number of hydrogen-bond acceptors (Lipinski definition) is 3. The highest BCUT2D eigenvalue weighted by Gasteiger charge is 2.23. The van der Waals surface area contributed by atoms with Crippen molar-refractivity contribution in [2.24, 2.45) is 0 Å². The molecule has 0 aromatic heterocycles. The Labute approximate surface area is 101 Å². The van der Waals surface area contributed by atoms with Gasteiger partial charge in [0, 0.05) is 16.2 Å². The topological polar surface area (TPSA) is 43.4 Å². The smallest absolute Gasteiger partial charge is 0.261 e. The van der Waals surface area contributed by atoms with E-state index in [0.717, 1.165) is 10.9 Å². The zero-order valence-electron chi connectivity index (χ0n) is 7.66. The van der Waals surface area contributed by atoms with Crippen molar-refractivity contribution in [1.82, 2.24) is 0 Å². The van der Waals surface area contributed by atoms with Crippen LogP contribution in [0.5, 0.6) is 5.75 Å². The normalized spacial score (nSPS) is 15.6. The third-order valence-electron chi connectivity index (χ3n) is 2.25. The van der Waals surface area contributed by atoms with Crippen molar-refractivity contribution < 1.29 is 13.2 Å². The Bertz CT molecular complexity index is 498. The molecule has 1 aromatic carbocycles. The maximum Gasteiger partial charge on any atom is 0.261 e. The lowest BCUT2D eigenvalue weighted by Gasteiger charge is -2.20. The van der Waals surface area contributed by atoms with Gasteiger partial charge in [-0.1, -0.05) is 0 Å². The molecule has 1 aliphatic heterocycles. The quantitative estimate of drug-likeness (QED) is 0.749. The van der Waals surface area contributed by atoms with Crippen LogP contribution in [0.2, 0.25) is 0 Å². The zero-order chi connectivity index (χ0) is 11.1. The van der Waals surface area contributed by atoms with Crippen LogP contribution in [0.15, 0.2) is 21.5 Å². The molecule has 0 fully saturated rings. The molecule has 0 spiro atoms. The lowest BCUT2D eigenvalue weighted by atomic mass is 10.1. The molecule has 0 saturated heterocycles. The maximum absolute atomic E-state index is 11.3. The second-order valence-electron chi connectivity index (χ2n) is 3.24. The summed E-state index contributed by atoms with van der Waals surface area (Å²) in [7, 11) is 1.66. The molecule has 0 radical (unpaired) electrons. The van der Waals surface area contributed by atoms with E-state index in [4.69, 9.17) is 15.4 Å². The second-order valence-corrected chi connectivity index (χ2v) is 6.63. The van der Waals surface area contributed by atoms with Gasteiger partial charge in [-0.15, -0.1) is 0 Å². The largest absolute Gasteiger partial charge is 0.492 e. The fraction of sp³-hybridized carbons (Fsp3) is 0.333. The first-order valence-corrected chi connectivity index (χ1v) is 7.49. The van der Waals surface area contributed by atoms with Crippen LogP contribution in [-0.4, -0.2) is 15.0 Å². The first-order chi connectivity index (χ1) is 7.00. The van der Waals surface area contributed by atoms with Crippen LogP contribution < -0.4 is 4.74 Å². The van der Waals surface area contributed by atoms with Gasteiger partial charge in [-0.05, 0) is 40.9 Å². The van der Waals surface area contributed by atoms with E-state index in [0.29, 0.717) is 24.3 Å². The summed E-state index contributed by atoms with van der Waals surface area (Å²) < 4.78 is 28.8. The zero-order valence-corrected chi connectivity index (χ0v) is 10.8. The molecule has 0 N–H and O–H groups in total. The standard InChI is InChI=1S/C9H8BrClO3S/c10-7-3-4-8(15(11,12)13)6-2-1-5-14-9(6)7/h3-4H,1-2,5H2. The summed E-state index contributed by atoms with van der Waals surface area (Å²) in [5, 5.41) is 0. The molecule has 1 aromatic rings. The molecule has 0 amide bonds. The summed E-state index contributed by atoms with van der Waals surface area (Å²) in [6.45, 7) is 0.609. The van der Waals surface area contributed by atoms with Crippen LogP contribution in [0.25, 0.3) is 0 Å². The van der Waals surface area contributed by atoms with Gasteiger partial charge in [0.25, 0.3) is 9.05 Å². The predicted molar refractivity (Wildman–Crippen MR) is 61.0 cm³/mol. The summed E-state index contributed by atoms with van der Waals surface area (Å²) in [4.78, 5) is 0.155. The van der Waals surface area contributed by atoms with Crippen molar-refractivity contribution in [3.8, 4) is 5.75 Å². The summed E-state index contributed by atoms with van der Waals surface area (Å²) >= 11 is 3.32. The van der Waals surface area contributed by atoms with E-state index in [9.17, 15) is 8.42 Å². The van der Waals surface area contributed by atoms with Crippen molar-refractivity contribution >= 4 is 35.7 Å². The third kappa shape index (κ3) is 2.14.